The minimum absolute atomic E-state index is 0.0443. The van der Waals surface area contributed by atoms with Gasteiger partial charge in [-0.1, -0.05) is 6.07 Å². The fourth-order valence-corrected chi connectivity index (χ4v) is 2.50. The first-order valence-corrected chi connectivity index (χ1v) is 6.47. The number of aromatic amines is 1. The molecule has 0 aliphatic carbocycles. The molecule has 4 nitrogen and oxygen atoms in total. The predicted molar refractivity (Wildman–Crippen MR) is 71.9 cm³/mol. The molecule has 2 rings (SSSR count). The van der Waals surface area contributed by atoms with Crippen molar-refractivity contribution in [2.45, 2.75) is 13.0 Å². The smallest absolute Gasteiger partial charge is 0.260 e. The van der Waals surface area contributed by atoms with E-state index >= 15 is 0 Å². The van der Waals surface area contributed by atoms with E-state index in [2.05, 4.69) is 4.98 Å². The molecule has 0 aromatic carbocycles. The van der Waals surface area contributed by atoms with Crippen molar-refractivity contribution in [1.29, 1.82) is 0 Å². The Bertz CT molecular complexity index is 589. The van der Waals surface area contributed by atoms with Crippen LogP contribution in [-0.2, 0) is 0 Å². The zero-order chi connectivity index (χ0) is 13.1. The van der Waals surface area contributed by atoms with E-state index in [0.717, 1.165) is 4.88 Å². The Kier molecular flexibility index (Phi) is 3.62. The Morgan fingerprint density at radius 3 is 2.78 bits per heavy atom. The molecule has 0 saturated carbocycles. The maximum Gasteiger partial charge on any atom is 0.260 e. The molecule has 0 aliphatic rings. The van der Waals surface area contributed by atoms with Gasteiger partial charge in [-0.15, -0.1) is 11.3 Å². The Labute approximate surface area is 109 Å². The fraction of sp³-hybridized carbons (Fsp3) is 0.231. The summed E-state index contributed by atoms with van der Waals surface area (Å²) in [6.07, 6.45) is 1.52. The summed E-state index contributed by atoms with van der Waals surface area (Å²) in [4.78, 5) is 29.0. The Balaban J connectivity index is 2.25. The third kappa shape index (κ3) is 2.36. The lowest BCUT2D eigenvalue weighted by atomic mass is 10.2. The maximum atomic E-state index is 12.2. The number of carbonyl (C=O) groups is 1. The number of nitrogens with one attached hydrogen (secondary N) is 1. The third-order valence-electron chi connectivity index (χ3n) is 2.90. The van der Waals surface area contributed by atoms with Crippen LogP contribution in [0.15, 0.2) is 40.6 Å². The van der Waals surface area contributed by atoms with E-state index in [9.17, 15) is 9.59 Å². The number of rotatable bonds is 3. The molecule has 5 heteroatoms. The first-order chi connectivity index (χ1) is 8.61. The zero-order valence-electron chi connectivity index (χ0n) is 10.2. The molecule has 0 saturated heterocycles. The first-order valence-electron chi connectivity index (χ1n) is 5.59. The standard InChI is InChI=1S/C13H14N2O2S/c1-9(11-6-4-8-18-11)15(2)13(17)10-5-3-7-14-12(10)16/h3-9H,1-2H3,(H,14,16)/t9-/m1/s1. The SMILES string of the molecule is C[C@H](c1cccs1)N(C)C(=O)c1ccc[nH]c1=O. The van der Waals surface area contributed by atoms with Gasteiger partial charge in [0.1, 0.15) is 5.56 Å². The molecule has 0 spiro atoms. The van der Waals surface area contributed by atoms with Gasteiger partial charge in [-0.2, -0.15) is 0 Å². The predicted octanol–water partition coefficient (Wildman–Crippen LogP) is 2.27. The number of thiophene rings is 1. The molecular weight excluding hydrogens is 248 g/mol. The highest BCUT2D eigenvalue weighted by Crippen LogP contribution is 2.24. The number of H-pyrrole nitrogens is 1. The van der Waals surface area contributed by atoms with Gasteiger partial charge < -0.3 is 9.88 Å². The van der Waals surface area contributed by atoms with E-state index in [0.29, 0.717) is 0 Å². The van der Waals surface area contributed by atoms with Crippen molar-refractivity contribution in [2.24, 2.45) is 0 Å². The molecule has 94 valence electrons. The monoisotopic (exact) mass is 262 g/mol. The lowest BCUT2D eigenvalue weighted by Gasteiger charge is -2.23. The van der Waals surface area contributed by atoms with Gasteiger partial charge in [0.05, 0.1) is 6.04 Å². The van der Waals surface area contributed by atoms with Crippen LogP contribution in [0, 0.1) is 0 Å². The van der Waals surface area contributed by atoms with Gasteiger partial charge in [-0.3, -0.25) is 9.59 Å². The van der Waals surface area contributed by atoms with E-state index < -0.39 is 0 Å². The number of pyridine rings is 1. The molecule has 0 unspecified atom stereocenters. The minimum atomic E-state index is -0.354. The summed E-state index contributed by atoms with van der Waals surface area (Å²) < 4.78 is 0. The Hall–Kier alpha value is -1.88. The Morgan fingerprint density at radius 2 is 2.17 bits per heavy atom. The summed E-state index contributed by atoms with van der Waals surface area (Å²) in [6.45, 7) is 1.95. The number of carbonyl (C=O) groups excluding carboxylic acids is 1. The van der Waals surface area contributed by atoms with E-state index in [-0.39, 0.29) is 23.1 Å². The summed E-state index contributed by atoms with van der Waals surface area (Å²) in [6, 6.07) is 7.08. The van der Waals surface area contributed by atoms with Crippen LogP contribution < -0.4 is 5.56 Å². The van der Waals surface area contributed by atoms with Crippen molar-refractivity contribution in [1.82, 2.24) is 9.88 Å². The van der Waals surface area contributed by atoms with Gasteiger partial charge >= 0.3 is 0 Å². The lowest BCUT2D eigenvalue weighted by molar-refractivity contribution is 0.0743. The molecule has 1 N–H and O–H groups in total. The second-order valence-electron chi connectivity index (χ2n) is 4.02. The highest BCUT2D eigenvalue weighted by Gasteiger charge is 2.21. The van der Waals surface area contributed by atoms with Crippen LogP contribution in [0.1, 0.15) is 28.2 Å². The number of aromatic nitrogens is 1. The van der Waals surface area contributed by atoms with Crippen LogP contribution in [0.5, 0.6) is 0 Å². The van der Waals surface area contributed by atoms with Gasteiger partial charge in [0.15, 0.2) is 0 Å². The van der Waals surface area contributed by atoms with Crippen LogP contribution in [0.2, 0.25) is 0 Å². The van der Waals surface area contributed by atoms with Gasteiger partial charge in [-0.25, -0.2) is 0 Å². The van der Waals surface area contributed by atoms with Gasteiger partial charge in [0, 0.05) is 18.1 Å². The van der Waals surface area contributed by atoms with Crippen LogP contribution in [0.25, 0.3) is 0 Å². The number of hydrogen-bond donors (Lipinski definition) is 1. The second-order valence-corrected chi connectivity index (χ2v) is 5.00. The van der Waals surface area contributed by atoms with Crippen LogP contribution in [-0.4, -0.2) is 22.8 Å². The van der Waals surface area contributed by atoms with E-state index in [1.165, 1.54) is 6.20 Å². The molecule has 18 heavy (non-hydrogen) atoms. The molecule has 0 aliphatic heterocycles. The summed E-state index contributed by atoms with van der Waals surface area (Å²) in [5.74, 6) is -0.266. The number of nitrogens with zero attached hydrogens (tertiary/aromatic N) is 1. The molecular formula is C13H14N2O2S. The van der Waals surface area contributed by atoms with Crippen molar-refractivity contribution in [3.05, 3.63) is 56.6 Å². The molecule has 0 bridgehead atoms. The summed E-state index contributed by atoms with van der Waals surface area (Å²) in [7, 11) is 1.71. The fourth-order valence-electron chi connectivity index (χ4n) is 1.68. The largest absolute Gasteiger partial charge is 0.334 e. The quantitative estimate of drug-likeness (QED) is 0.922. The molecule has 0 radical (unpaired) electrons. The topological polar surface area (TPSA) is 53.2 Å². The van der Waals surface area contributed by atoms with Crippen molar-refractivity contribution in [3.63, 3.8) is 0 Å². The minimum Gasteiger partial charge on any atom is -0.334 e. The van der Waals surface area contributed by atoms with Gasteiger partial charge in [0.25, 0.3) is 11.5 Å². The van der Waals surface area contributed by atoms with Crippen molar-refractivity contribution in [3.8, 4) is 0 Å². The lowest BCUT2D eigenvalue weighted by Crippen LogP contribution is -2.33. The van der Waals surface area contributed by atoms with Crippen molar-refractivity contribution >= 4 is 17.2 Å². The zero-order valence-corrected chi connectivity index (χ0v) is 11.0. The number of hydrogen-bond acceptors (Lipinski definition) is 3. The average molecular weight is 262 g/mol. The molecule has 2 heterocycles. The highest BCUT2D eigenvalue weighted by molar-refractivity contribution is 7.10. The van der Waals surface area contributed by atoms with Crippen molar-refractivity contribution < 1.29 is 4.79 Å². The second kappa shape index (κ2) is 5.18. The highest BCUT2D eigenvalue weighted by atomic mass is 32.1. The van der Waals surface area contributed by atoms with E-state index in [1.54, 1.807) is 35.4 Å². The van der Waals surface area contributed by atoms with Crippen LogP contribution >= 0.6 is 11.3 Å². The third-order valence-corrected chi connectivity index (χ3v) is 3.95. The Morgan fingerprint density at radius 1 is 1.39 bits per heavy atom. The summed E-state index contributed by atoms with van der Waals surface area (Å²) in [5, 5.41) is 1.97. The first kappa shape index (κ1) is 12.6. The van der Waals surface area contributed by atoms with Gasteiger partial charge in [-0.05, 0) is 30.5 Å². The molecule has 1 amide bonds. The normalized spacial score (nSPS) is 12.1. The van der Waals surface area contributed by atoms with E-state index in [1.807, 2.05) is 24.4 Å². The van der Waals surface area contributed by atoms with Crippen molar-refractivity contribution in [2.75, 3.05) is 7.05 Å². The van der Waals surface area contributed by atoms with E-state index in [4.69, 9.17) is 0 Å². The molecule has 0 fully saturated rings. The maximum absolute atomic E-state index is 12.2. The molecule has 2 aromatic heterocycles. The molecule has 2 aromatic rings. The van der Waals surface area contributed by atoms with Gasteiger partial charge in [0.2, 0.25) is 0 Å². The molecule has 1 atom stereocenters. The number of amides is 1. The van der Waals surface area contributed by atoms with Crippen LogP contribution in [0.3, 0.4) is 0 Å². The summed E-state index contributed by atoms with van der Waals surface area (Å²) >= 11 is 1.60. The van der Waals surface area contributed by atoms with Crippen LogP contribution in [0.4, 0.5) is 0 Å². The average Bonchev–Trinajstić information content (AvgIpc) is 2.90. The summed E-state index contributed by atoms with van der Waals surface area (Å²) in [5.41, 5.74) is -0.184.